The Morgan fingerprint density at radius 1 is 0.960 bits per heavy atom. The second kappa shape index (κ2) is 8.10. The van der Waals surface area contributed by atoms with Crippen LogP contribution in [0.4, 0.5) is 16.2 Å². The van der Waals surface area contributed by atoms with Crippen molar-refractivity contribution in [3.63, 3.8) is 0 Å². The van der Waals surface area contributed by atoms with Gasteiger partial charge >= 0.3 is 0 Å². The van der Waals surface area contributed by atoms with Crippen molar-refractivity contribution in [1.29, 1.82) is 0 Å². The Balaban J connectivity index is 1.60. The number of nitrogens with one attached hydrogen (secondary N) is 2. The fourth-order valence-corrected chi connectivity index (χ4v) is 2.36. The molecular formula is C19H19FN4O. The summed E-state index contributed by atoms with van der Waals surface area (Å²) in [5.41, 5.74) is 2.00. The van der Waals surface area contributed by atoms with Crippen molar-refractivity contribution in [3.05, 3.63) is 77.7 Å². The van der Waals surface area contributed by atoms with Crippen LogP contribution in [-0.4, -0.2) is 17.1 Å². The third-order valence-corrected chi connectivity index (χ3v) is 3.67. The average Bonchev–Trinajstić information content (AvgIpc) is 2.66. The molecule has 0 spiro atoms. The molecule has 0 atom stereocenters. The molecule has 1 heterocycles. The van der Waals surface area contributed by atoms with Gasteiger partial charge in [-0.1, -0.05) is 30.3 Å². The van der Waals surface area contributed by atoms with Crippen LogP contribution in [0.25, 0.3) is 0 Å². The van der Waals surface area contributed by atoms with Crippen LogP contribution in [0.1, 0.15) is 11.1 Å². The highest BCUT2D eigenvalue weighted by Gasteiger charge is 2.04. The maximum Gasteiger partial charge on any atom is 0.224 e. The van der Waals surface area contributed by atoms with E-state index in [1.54, 1.807) is 31.5 Å². The summed E-state index contributed by atoms with van der Waals surface area (Å²) in [7, 11) is 1.65. The number of anilines is 2. The third-order valence-electron chi connectivity index (χ3n) is 3.67. The molecule has 25 heavy (non-hydrogen) atoms. The molecule has 3 aromatic rings. The smallest absolute Gasteiger partial charge is 0.224 e. The van der Waals surface area contributed by atoms with Crippen molar-refractivity contribution in [3.8, 4) is 5.75 Å². The minimum atomic E-state index is -0.242. The van der Waals surface area contributed by atoms with Gasteiger partial charge < -0.3 is 15.4 Å². The standard InChI is InChI=1S/C19H19FN4O/c1-25-17-5-3-2-4-15(17)13-23-19-21-11-10-18(24-19)22-12-14-6-8-16(20)9-7-14/h2-11H,12-13H2,1H3,(H2,21,22,23,24). The monoisotopic (exact) mass is 338 g/mol. The number of rotatable bonds is 7. The van der Waals surface area contributed by atoms with Gasteiger partial charge in [0.1, 0.15) is 17.4 Å². The Morgan fingerprint density at radius 3 is 2.56 bits per heavy atom. The number of hydrogen-bond acceptors (Lipinski definition) is 5. The van der Waals surface area contributed by atoms with Crippen molar-refractivity contribution in [2.75, 3.05) is 17.7 Å². The fraction of sp³-hybridized carbons (Fsp3) is 0.158. The van der Waals surface area contributed by atoms with Crippen LogP contribution in [0.15, 0.2) is 60.8 Å². The van der Waals surface area contributed by atoms with E-state index in [0.717, 1.165) is 16.9 Å². The average molecular weight is 338 g/mol. The molecule has 0 fully saturated rings. The fourth-order valence-electron chi connectivity index (χ4n) is 2.36. The normalized spacial score (nSPS) is 10.3. The van der Waals surface area contributed by atoms with E-state index in [1.807, 2.05) is 24.3 Å². The van der Waals surface area contributed by atoms with Gasteiger partial charge in [0.2, 0.25) is 5.95 Å². The van der Waals surface area contributed by atoms with E-state index < -0.39 is 0 Å². The summed E-state index contributed by atoms with van der Waals surface area (Å²) in [6.45, 7) is 1.12. The molecule has 0 radical (unpaired) electrons. The summed E-state index contributed by atoms with van der Waals surface area (Å²) in [5.74, 6) is 1.80. The van der Waals surface area contributed by atoms with Gasteiger partial charge in [0, 0.05) is 24.8 Å². The molecule has 0 saturated heterocycles. The molecule has 2 aromatic carbocycles. The van der Waals surface area contributed by atoms with Crippen LogP contribution in [0.5, 0.6) is 5.75 Å². The highest BCUT2D eigenvalue weighted by atomic mass is 19.1. The van der Waals surface area contributed by atoms with Crippen molar-refractivity contribution in [2.45, 2.75) is 13.1 Å². The Bertz CT molecular complexity index is 824. The number of aromatic nitrogens is 2. The molecule has 0 bridgehead atoms. The van der Waals surface area contributed by atoms with Crippen molar-refractivity contribution < 1.29 is 9.13 Å². The highest BCUT2D eigenvalue weighted by Crippen LogP contribution is 2.18. The minimum absolute atomic E-state index is 0.242. The van der Waals surface area contributed by atoms with E-state index >= 15 is 0 Å². The molecule has 0 aliphatic heterocycles. The number of benzene rings is 2. The van der Waals surface area contributed by atoms with Crippen LogP contribution < -0.4 is 15.4 Å². The number of para-hydroxylation sites is 1. The Morgan fingerprint density at radius 2 is 1.76 bits per heavy atom. The minimum Gasteiger partial charge on any atom is -0.496 e. The summed E-state index contributed by atoms with van der Waals surface area (Å²) >= 11 is 0. The largest absolute Gasteiger partial charge is 0.496 e. The van der Waals surface area contributed by atoms with Crippen LogP contribution in [0, 0.1) is 5.82 Å². The molecule has 1 aromatic heterocycles. The number of nitrogens with zero attached hydrogens (tertiary/aromatic N) is 2. The highest BCUT2D eigenvalue weighted by molar-refractivity contribution is 5.42. The molecule has 5 nitrogen and oxygen atoms in total. The molecule has 0 aliphatic carbocycles. The van der Waals surface area contributed by atoms with E-state index in [4.69, 9.17) is 4.74 Å². The molecule has 0 saturated carbocycles. The zero-order chi connectivity index (χ0) is 17.5. The predicted octanol–water partition coefficient (Wildman–Crippen LogP) is 3.85. The van der Waals surface area contributed by atoms with Crippen molar-refractivity contribution >= 4 is 11.8 Å². The number of hydrogen-bond donors (Lipinski definition) is 2. The topological polar surface area (TPSA) is 59.1 Å². The maximum absolute atomic E-state index is 12.9. The lowest BCUT2D eigenvalue weighted by Gasteiger charge is -2.10. The van der Waals surface area contributed by atoms with Gasteiger partial charge in [-0.25, -0.2) is 9.37 Å². The first-order chi connectivity index (χ1) is 12.2. The van der Waals surface area contributed by atoms with Crippen LogP contribution in [0.2, 0.25) is 0 Å². The molecule has 3 rings (SSSR count). The van der Waals surface area contributed by atoms with Gasteiger partial charge in [0.15, 0.2) is 0 Å². The molecular weight excluding hydrogens is 319 g/mol. The van der Waals surface area contributed by atoms with Gasteiger partial charge in [-0.05, 0) is 29.8 Å². The number of halogens is 1. The van der Waals surface area contributed by atoms with Crippen LogP contribution in [-0.2, 0) is 13.1 Å². The predicted molar refractivity (Wildman–Crippen MR) is 96.1 cm³/mol. The Hall–Kier alpha value is -3.15. The van der Waals surface area contributed by atoms with E-state index in [9.17, 15) is 4.39 Å². The summed E-state index contributed by atoms with van der Waals surface area (Å²) in [6.07, 6.45) is 1.69. The molecule has 0 aliphatic rings. The summed E-state index contributed by atoms with van der Waals surface area (Å²) in [5, 5.41) is 6.39. The van der Waals surface area contributed by atoms with E-state index in [1.165, 1.54) is 12.1 Å². The lowest BCUT2D eigenvalue weighted by molar-refractivity contribution is 0.410. The van der Waals surface area contributed by atoms with Crippen molar-refractivity contribution in [2.24, 2.45) is 0 Å². The van der Waals surface area contributed by atoms with E-state index in [0.29, 0.717) is 24.9 Å². The second-order valence-electron chi connectivity index (χ2n) is 5.41. The Kier molecular flexibility index (Phi) is 5.41. The van der Waals surface area contributed by atoms with Gasteiger partial charge in [0.25, 0.3) is 0 Å². The lowest BCUT2D eigenvalue weighted by Crippen LogP contribution is -2.07. The molecule has 128 valence electrons. The number of methoxy groups -OCH3 is 1. The van der Waals surface area contributed by atoms with Gasteiger partial charge in [0.05, 0.1) is 7.11 Å². The molecule has 6 heteroatoms. The zero-order valence-electron chi connectivity index (χ0n) is 13.9. The first-order valence-corrected chi connectivity index (χ1v) is 7.92. The first kappa shape index (κ1) is 16.7. The Labute approximate surface area is 145 Å². The molecule has 2 N–H and O–H groups in total. The van der Waals surface area contributed by atoms with Crippen LogP contribution in [0.3, 0.4) is 0 Å². The maximum atomic E-state index is 12.9. The van der Waals surface area contributed by atoms with E-state index in [-0.39, 0.29) is 5.82 Å². The zero-order valence-corrected chi connectivity index (χ0v) is 13.9. The first-order valence-electron chi connectivity index (χ1n) is 7.92. The molecule has 0 unspecified atom stereocenters. The van der Waals surface area contributed by atoms with Gasteiger partial charge in [-0.15, -0.1) is 0 Å². The molecule has 0 amide bonds. The summed E-state index contributed by atoms with van der Waals surface area (Å²) < 4.78 is 18.3. The third kappa shape index (κ3) is 4.67. The summed E-state index contributed by atoms with van der Waals surface area (Å²) in [6, 6.07) is 15.9. The van der Waals surface area contributed by atoms with Gasteiger partial charge in [-0.3, -0.25) is 0 Å². The number of ether oxygens (including phenoxy) is 1. The quantitative estimate of drug-likeness (QED) is 0.685. The lowest BCUT2D eigenvalue weighted by atomic mass is 10.2. The van der Waals surface area contributed by atoms with Crippen LogP contribution >= 0.6 is 0 Å². The summed E-state index contributed by atoms with van der Waals surface area (Å²) in [4.78, 5) is 8.65. The van der Waals surface area contributed by atoms with Crippen molar-refractivity contribution in [1.82, 2.24) is 9.97 Å². The SMILES string of the molecule is COc1ccccc1CNc1nccc(NCc2ccc(F)cc2)n1. The van der Waals surface area contributed by atoms with E-state index in [2.05, 4.69) is 20.6 Å². The second-order valence-corrected chi connectivity index (χ2v) is 5.41. The van der Waals surface area contributed by atoms with Gasteiger partial charge in [-0.2, -0.15) is 4.98 Å².